The fraction of sp³-hybridized carbons (Fsp3) is 0.421. The number of ketones is 1. The summed E-state index contributed by atoms with van der Waals surface area (Å²) >= 11 is 10.1. The van der Waals surface area contributed by atoms with Crippen molar-refractivity contribution in [2.45, 2.75) is 42.8 Å². The van der Waals surface area contributed by atoms with E-state index in [1.54, 1.807) is 36.5 Å². The summed E-state index contributed by atoms with van der Waals surface area (Å²) in [4.78, 5) is 28.9. The molecule has 0 saturated carbocycles. The molecule has 1 aromatic carbocycles. The molecule has 0 spiro atoms. The van der Waals surface area contributed by atoms with E-state index in [1.165, 1.54) is 4.57 Å². The maximum absolute atomic E-state index is 12.5. The third-order valence-electron chi connectivity index (χ3n) is 4.78. The zero-order valence-corrected chi connectivity index (χ0v) is 16.9. The predicted octanol–water partition coefficient (Wildman–Crippen LogP) is 3.94. The van der Waals surface area contributed by atoms with Gasteiger partial charge >= 0.3 is 5.69 Å². The van der Waals surface area contributed by atoms with Gasteiger partial charge in [0, 0.05) is 17.7 Å². The number of Topliss-reactive ketones (excluding diaryl/α,β-unsaturated/α-hetero) is 1. The molecule has 2 heterocycles. The normalized spacial score (nSPS) is 28.2. The molecule has 0 radical (unpaired) electrons. The van der Waals surface area contributed by atoms with Gasteiger partial charge in [0.15, 0.2) is 12.0 Å². The molecule has 1 aliphatic heterocycles. The number of ether oxygens (including phenoxy) is 1. The number of hydrogen-bond acceptors (Lipinski definition) is 4. The van der Waals surface area contributed by atoms with Crippen LogP contribution in [0.3, 0.4) is 0 Å². The van der Waals surface area contributed by atoms with Crippen molar-refractivity contribution < 1.29 is 9.53 Å². The Kier molecular flexibility index (Phi) is 5.65. The number of aromatic nitrogens is 2. The summed E-state index contributed by atoms with van der Waals surface area (Å²) in [6.07, 6.45) is 1.74. The van der Waals surface area contributed by atoms with Gasteiger partial charge in [-0.2, -0.15) is 4.98 Å². The Morgan fingerprint density at radius 1 is 1.35 bits per heavy atom. The molecule has 1 saturated heterocycles. The topological polar surface area (TPSA) is 61.2 Å². The van der Waals surface area contributed by atoms with Gasteiger partial charge < -0.3 is 4.74 Å². The number of rotatable bonds is 5. The third kappa shape index (κ3) is 3.63. The molecule has 2 aromatic rings. The van der Waals surface area contributed by atoms with E-state index >= 15 is 0 Å². The summed E-state index contributed by atoms with van der Waals surface area (Å²) in [6.45, 7) is 4.00. The van der Waals surface area contributed by atoms with Gasteiger partial charge in [0.2, 0.25) is 0 Å². The Hall–Kier alpha value is -1.50. The number of nitrogens with zero attached hydrogens (tertiary/aromatic N) is 2. The number of carbonyl (C=O) groups is 1. The average Bonchev–Trinajstić information content (AvgIpc) is 2.85. The van der Waals surface area contributed by atoms with Crippen molar-refractivity contribution in [3.8, 4) is 0 Å². The number of benzene rings is 1. The van der Waals surface area contributed by atoms with Gasteiger partial charge in [-0.1, -0.05) is 60.1 Å². The Labute approximate surface area is 165 Å². The highest BCUT2D eigenvalue weighted by molar-refractivity contribution is 9.10. The van der Waals surface area contributed by atoms with Gasteiger partial charge in [-0.15, -0.1) is 11.6 Å². The van der Waals surface area contributed by atoms with Gasteiger partial charge in [-0.05, 0) is 12.5 Å². The highest BCUT2D eigenvalue weighted by atomic mass is 79.9. The first-order valence-corrected chi connectivity index (χ1v) is 9.71. The van der Waals surface area contributed by atoms with Gasteiger partial charge in [0.05, 0.1) is 18.2 Å². The van der Waals surface area contributed by atoms with Crippen LogP contribution < -0.4 is 5.69 Å². The van der Waals surface area contributed by atoms with Crippen LogP contribution in [0.2, 0.25) is 0 Å². The van der Waals surface area contributed by atoms with E-state index in [-0.39, 0.29) is 24.2 Å². The smallest absolute Gasteiger partial charge is 0.350 e. The van der Waals surface area contributed by atoms with Crippen LogP contribution in [-0.4, -0.2) is 25.2 Å². The van der Waals surface area contributed by atoms with E-state index in [2.05, 4.69) is 20.9 Å². The molecule has 5 nitrogen and oxygen atoms in total. The third-order valence-corrected chi connectivity index (χ3v) is 6.42. The van der Waals surface area contributed by atoms with Crippen molar-refractivity contribution in [1.82, 2.24) is 9.55 Å². The molecular weight excluding hydrogens is 420 g/mol. The number of halogens is 2. The monoisotopic (exact) mass is 438 g/mol. The minimum atomic E-state index is -0.888. The van der Waals surface area contributed by atoms with Crippen LogP contribution in [-0.2, 0) is 11.2 Å². The number of carbonyl (C=O) groups excluding carboxylic acids is 1. The Bertz CT molecular complexity index is 853. The molecule has 1 aliphatic rings. The van der Waals surface area contributed by atoms with Crippen LogP contribution in [0.15, 0.2) is 47.4 Å². The van der Waals surface area contributed by atoms with Crippen LogP contribution in [0.25, 0.3) is 0 Å². The number of alkyl halides is 2. The Morgan fingerprint density at radius 3 is 2.62 bits per heavy atom. The summed E-state index contributed by atoms with van der Waals surface area (Å²) < 4.78 is 6.46. The van der Waals surface area contributed by atoms with Crippen molar-refractivity contribution in [3.63, 3.8) is 0 Å². The zero-order chi connectivity index (χ0) is 18.9. The van der Waals surface area contributed by atoms with Crippen molar-refractivity contribution in [3.05, 3.63) is 64.3 Å². The minimum absolute atomic E-state index is 0.0189. The maximum atomic E-state index is 12.5. The lowest BCUT2D eigenvalue weighted by molar-refractivity contribution is -0.00835. The Balaban J connectivity index is 1.82. The highest BCUT2D eigenvalue weighted by Crippen LogP contribution is 2.51. The molecule has 0 bridgehead atoms. The van der Waals surface area contributed by atoms with Crippen LogP contribution in [0.1, 0.15) is 42.5 Å². The lowest BCUT2D eigenvalue weighted by Gasteiger charge is -2.25. The van der Waals surface area contributed by atoms with Gasteiger partial charge in [0.25, 0.3) is 0 Å². The average molecular weight is 440 g/mol. The molecule has 7 heteroatoms. The largest absolute Gasteiger partial charge is 0.351 e. The van der Waals surface area contributed by atoms with Crippen LogP contribution in [0, 0.1) is 5.92 Å². The van der Waals surface area contributed by atoms with E-state index in [4.69, 9.17) is 16.3 Å². The van der Waals surface area contributed by atoms with Crippen molar-refractivity contribution in [2.24, 2.45) is 5.92 Å². The van der Waals surface area contributed by atoms with Gasteiger partial charge in [0.1, 0.15) is 3.78 Å². The SMILES string of the molecule is CC[C@H]1O[C@@H](n2ccc(CC(=O)c3ccccc3)nc2=O)[C@](Cl)(Br)[C@@H]1C. The quantitative estimate of drug-likeness (QED) is 0.523. The summed E-state index contributed by atoms with van der Waals surface area (Å²) in [5.41, 5.74) is 0.534. The van der Waals surface area contributed by atoms with E-state index in [1.807, 2.05) is 19.9 Å². The predicted molar refractivity (Wildman–Crippen MR) is 104 cm³/mol. The summed E-state index contributed by atoms with van der Waals surface area (Å²) in [6, 6.07) is 10.6. The molecule has 4 atom stereocenters. The van der Waals surface area contributed by atoms with Crippen LogP contribution in [0.5, 0.6) is 0 Å². The van der Waals surface area contributed by atoms with Crippen LogP contribution >= 0.6 is 27.5 Å². The molecule has 0 amide bonds. The summed E-state index contributed by atoms with van der Waals surface area (Å²) in [5.74, 6) is -0.0652. The minimum Gasteiger partial charge on any atom is -0.351 e. The van der Waals surface area contributed by atoms with Crippen molar-refractivity contribution >= 4 is 33.3 Å². The second-order valence-corrected chi connectivity index (χ2v) is 8.87. The van der Waals surface area contributed by atoms with E-state index < -0.39 is 15.7 Å². The molecule has 26 heavy (non-hydrogen) atoms. The number of hydrogen-bond donors (Lipinski definition) is 0. The van der Waals surface area contributed by atoms with E-state index in [9.17, 15) is 9.59 Å². The van der Waals surface area contributed by atoms with E-state index in [0.717, 1.165) is 6.42 Å². The summed E-state index contributed by atoms with van der Waals surface area (Å²) in [7, 11) is 0. The molecule has 0 N–H and O–H groups in total. The molecule has 1 fully saturated rings. The van der Waals surface area contributed by atoms with Crippen LogP contribution in [0.4, 0.5) is 0 Å². The summed E-state index contributed by atoms with van der Waals surface area (Å²) in [5, 5.41) is 0. The highest BCUT2D eigenvalue weighted by Gasteiger charge is 2.52. The Morgan fingerprint density at radius 2 is 2.04 bits per heavy atom. The fourth-order valence-corrected chi connectivity index (χ4v) is 4.08. The second-order valence-electron chi connectivity index (χ2n) is 6.47. The lowest BCUT2D eigenvalue weighted by atomic mass is 10.0. The van der Waals surface area contributed by atoms with Gasteiger partial charge in [-0.3, -0.25) is 9.36 Å². The zero-order valence-electron chi connectivity index (χ0n) is 14.6. The molecule has 0 aliphatic carbocycles. The standard InChI is InChI=1S/C19H20BrClN2O3/c1-3-16-12(2)19(20,21)17(26-16)23-10-9-14(22-18(23)25)11-15(24)13-7-5-4-6-8-13/h4-10,12,16-17H,3,11H2,1-2H3/t12-,16-,17-,19+/m1/s1. The maximum Gasteiger partial charge on any atom is 0.350 e. The molecular formula is C19H20BrClN2O3. The second kappa shape index (κ2) is 7.62. The van der Waals surface area contributed by atoms with Crippen molar-refractivity contribution in [1.29, 1.82) is 0 Å². The first-order chi connectivity index (χ1) is 12.3. The van der Waals surface area contributed by atoms with Gasteiger partial charge in [-0.25, -0.2) is 4.79 Å². The molecule has 0 unspecified atom stereocenters. The first-order valence-electron chi connectivity index (χ1n) is 8.54. The molecule has 1 aromatic heterocycles. The van der Waals surface area contributed by atoms with E-state index in [0.29, 0.717) is 11.3 Å². The molecule has 3 rings (SSSR count). The molecule has 138 valence electrons. The lowest BCUT2D eigenvalue weighted by Crippen LogP contribution is -2.36. The van der Waals surface area contributed by atoms with Crippen molar-refractivity contribution in [2.75, 3.05) is 0 Å². The first kappa shape index (κ1) is 19.3. The fourth-order valence-electron chi connectivity index (χ4n) is 3.16.